The lowest BCUT2D eigenvalue weighted by molar-refractivity contribution is -0.115. The number of hydrogen-bond acceptors (Lipinski definition) is 5. The summed E-state index contributed by atoms with van der Waals surface area (Å²) in [5.41, 5.74) is 2.45. The first-order chi connectivity index (χ1) is 14.2. The number of hydrogen-bond donors (Lipinski definition) is 1. The summed E-state index contributed by atoms with van der Waals surface area (Å²) < 4.78 is 5.86. The molecule has 0 aromatic heterocycles. The zero-order valence-electron chi connectivity index (χ0n) is 15.9. The Bertz CT molecular complexity index is 1020. The maximum absolute atomic E-state index is 12.3. The Morgan fingerprint density at radius 2 is 2.03 bits per heavy atom. The van der Waals surface area contributed by atoms with Crippen molar-refractivity contribution >= 4 is 28.9 Å². The van der Waals surface area contributed by atoms with Crippen molar-refractivity contribution in [2.45, 2.75) is 38.3 Å². The van der Waals surface area contributed by atoms with E-state index in [1.165, 1.54) is 24.6 Å². The van der Waals surface area contributed by atoms with Crippen LogP contribution in [0.4, 0.5) is 0 Å². The quantitative estimate of drug-likeness (QED) is 0.738. The van der Waals surface area contributed by atoms with Crippen LogP contribution in [-0.2, 0) is 11.4 Å². The molecular weight excluding hydrogens is 382 g/mol. The number of carbonyl (C=O) groups is 1. The molecule has 4 rings (SSSR count). The molecule has 2 aromatic carbocycles. The van der Waals surface area contributed by atoms with Crippen LogP contribution >= 0.6 is 11.8 Å². The first-order valence-corrected chi connectivity index (χ1v) is 10.5. The van der Waals surface area contributed by atoms with Crippen LogP contribution in [0, 0.1) is 11.3 Å². The Labute approximate surface area is 174 Å². The van der Waals surface area contributed by atoms with Gasteiger partial charge in [0, 0.05) is 0 Å². The maximum atomic E-state index is 12.3. The fraction of sp³-hybridized carbons (Fsp3) is 0.261. The summed E-state index contributed by atoms with van der Waals surface area (Å²) in [7, 11) is 0. The van der Waals surface area contributed by atoms with E-state index in [0.717, 1.165) is 24.0 Å². The van der Waals surface area contributed by atoms with Gasteiger partial charge < -0.3 is 10.1 Å². The van der Waals surface area contributed by atoms with Gasteiger partial charge in [-0.3, -0.25) is 9.79 Å². The lowest BCUT2D eigenvalue weighted by Gasteiger charge is -2.07. The smallest absolute Gasteiger partial charge is 0.264 e. The Morgan fingerprint density at radius 1 is 1.21 bits per heavy atom. The summed E-state index contributed by atoms with van der Waals surface area (Å²) in [5, 5.41) is 12.6. The highest BCUT2D eigenvalue weighted by Crippen LogP contribution is 2.29. The number of nitrogens with one attached hydrogen (secondary N) is 1. The molecular formula is C23H21N3O2S. The first kappa shape index (κ1) is 19.3. The molecule has 1 heterocycles. The van der Waals surface area contributed by atoms with E-state index >= 15 is 0 Å². The number of carbonyl (C=O) groups excluding carboxylic acids is 1. The van der Waals surface area contributed by atoms with E-state index in [1.54, 1.807) is 6.07 Å². The fourth-order valence-electron chi connectivity index (χ4n) is 3.43. The fourth-order valence-corrected chi connectivity index (χ4v) is 4.32. The minimum Gasteiger partial charge on any atom is -0.489 e. The third kappa shape index (κ3) is 5.07. The SMILES string of the molecule is N#Cc1cccc(COc2cccc(/C=C3\SC(=NC4CCCC4)NC3=O)c2)c1. The highest BCUT2D eigenvalue weighted by molar-refractivity contribution is 8.18. The van der Waals surface area contributed by atoms with Crippen molar-refractivity contribution in [1.29, 1.82) is 5.26 Å². The third-order valence-electron chi connectivity index (χ3n) is 4.89. The van der Waals surface area contributed by atoms with Crippen molar-refractivity contribution < 1.29 is 9.53 Å². The second kappa shape index (κ2) is 8.97. The van der Waals surface area contributed by atoms with Gasteiger partial charge in [-0.2, -0.15) is 5.26 Å². The van der Waals surface area contributed by atoms with Crippen LogP contribution in [0.15, 0.2) is 58.4 Å². The van der Waals surface area contributed by atoms with Gasteiger partial charge in [0.1, 0.15) is 12.4 Å². The number of amidine groups is 1. The van der Waals surface area contributed by atoms with Gasteiger partial charge >= 0.3 is 0 Å². The molecule has 146 valence electrons. The predicted octanol–water partition coefficient (Wildman–Crippen LogP) is 4.64. The lowest BCUT2D eigenvalue weighted by Crippen LogP contribution is -2.21. The monoisotopic (exact) mass is 403 g/mol. The number of nitrogens with zero attached hydrogens (tertiary/aromatic N) is 2. The van der Waals surface area contributed by atoms with Crippen molar-refractivity contribution in [1.82, 2.24) is 5.32 Å². The van der Waals surface area contributed by atoms with Crippen LogP contribution in [0.25, 0.3) is 6.08 Å². The number of thioether (sulfide) groups is 1. The average Bonchev–Trinajstić information content (AvgIpc) is 3.37. The molecule has 1 amide bonds. The van der Waals surface area contributed by atoms with Crippen molar-refractivity contribution in [3.8, 4) is 11.8 Å². The van der Waals surface area contributed by atoms with E-state index in [-0.39, 0.29) is 5.91 Å². The number of rotatable bonds is 5. The minimum atomic E-state index is -0.105. The number of benzene rings is 2. The number of aliphatic imine (C=N–C) groups is 1. The largest absolute Gasteiger partial charge is 0.489 e. The molecule has 5 nitrogen and oxygen atoms in total. The van der Waals surface area contributed by atoms with Gasteiger partial charge in [0.2, 0.25) is 0 Å². The van der Waals surface area contributed by atoms with Crippen LogP contribution in [0.5, 0.6) is 5.75 Å². The molecule has 0 bridgehead atoms. The number of ether oxygens (including phenoxy) is 1. The summed E-state index contributed by atoms with van der Waals surface area (Å²) >= 11 is 1.40. The molecule has 2 aliphatic rings. The molecule has 1 aliphatic carbocycles. The number of nitriles is 1. The van der Waals surface area contributed by atoms with Crippen LogP contribution in [0.3, 0.4) is 0 Å². The highest BCUT2D eigenvalue weighted by Gasteiger charge is 2.25. The van der Waals surface area contributed by atoms with Gasteiger partial charge in [0.25, 0.3) is 5.91 Å². The van der Waals surface area contributed by atoms with Gasteiger partial charge in [-0.05, 0) is 66.1 Å². The summed E-state index contributed by atoms with van der Waals surface area (Å²) in [5.74, 6) is 0.608. The van der Waals surface area contributed by atoms with Gasteiger partial charge in [-0.15, -0.1) is 0 Å². The standard InChI is InChI=1S/C23H21N3O2S/c24-14-17-6-3-7-18(11-17)15-28-20-10-4-5-16(12-20)13-21-22(27)26-23(29-21)25-19-8-1-2-9-19/h3-7,10-13,19H,1-2,8-9,15H2,(H,25,26,27)/b21-13-. The molecule has 2 fully saturated rings. The molecule has 1 aliphatic heterocycles. The second-order valence-electron chi connectivity index (χ2n) is 7.11. The van der Waals surface area contributed by atoms with Gasteiger partial charge in [0.05, 0.1) is 22.6 Å². The third-order valence-corrected chi connectivity index (χ3v) is 5.82. The van der Waals surface area contributed by atoms with E-state index < -0.39 is 0 Å². The normalized spacial score (nSPS) is 19.5. The molecule has 29 heavy (non-hydrogen) atoms. The molecule has 1 saturated heterocycles. The Balaban J connectivity index is 1.43. The molecule has 1 N–H and O–H groups in total. The van der Waals surface area contributed by atoms with E-state index in [9.17, 15) is 4.79 Å². The van der Waals surface area contributed by atoms with E-state index in [2.05, 4.69) is 16.4 Å². The summed E-state index contributed by atoms with van der Waals surface area (Å²) in [6.45, 7) is 0.378. The molecule has 0 atom stereocenters. The molecule has 0 radical (unpaired) electrons. The highest BCUT2D eigenvalue weighted by atomic mass is 32.2. The van der Waals surface area contributed by atoms with E-state index in [4.69, 9.17) is 10.00 Å². The van der Waals surface area contributed by atoms with Gasteiger partial charge in [0.15, 0.2) is 5.17 Å². The lowest BCUT2D eigenvalue weighted by atomic mass is 10.1. The Hall–Kier alpha value is -3.04. The summed E-state index contributed by atoms with van der Waals surface area (Å²) in [6.07, 6.45) is 6.51. The molecule has 2 aromatic rings. The number of amides is 1. The zero-order chi connectivity index (χ0) is 20.1. The second-order valence-corrected chi connectivity index (χ2v) is 8.14. The van der Waals surface area contributed by atoms with Crippen molar-refractivity contribution in [2.24, 2.45) is 4.99 Å². The first-order valence-electron chi connectivity index (χ1n) is 9.70. The topological polar surface area (TPSA) is 74.5 Å². The summed E-state index contributed by atoms with van der Waals surface area (Å²) in [6, 6.07) is 17.5. The minimum absolute atomic E-state index is 0.105. The van der Waals surface area contributed by atoms with E-state index in [1.807, 2.05) is 48.5 Å². The van der Waals surface area contributed by atoms with Crippen LogP contribution in [0.2, 0.25) is 0 Å². The predicted molar refractivity (Wildman–Crippen MR) is 115 cm³/mol. The van der Waals surface area contributed by atoms with Crippen LogP contribution in [0.1, 0.15) is 42.4 Å². The van der Waals surface area contributed by atoms with Crippen molar-refractivity contribution in [3.63, 3.8) is 0 Å². The van der Waals surface area contributed by atoms with E-state index in [0.29, 0.717) is 34.0 Å². The zero-order valence-corrected chi connectivity index (χ0v) is 16.7. The van der Waals surface area contributed by atoms with Crippen LogP contribution in [-0.4, -0.2) is 17.1 Å². The average molecular weight is 404 g/mol. The molecule has 6 heteroatoms. The van der Waals surface area contributed by atoms with Crippen molar-refractivity contribution in [2.75, 3.05) is 0 Å². The van der Waals surface area contributed by atoms with Crippen LogP contribution < -0.4 is 10.1 Å². The maximum Gasteiger partial charge on any atom is 0.264 e. The Morgan fingerprint density at radius 3 is 2.86 bits per heavy atom. The molecule has 0 unspecified atom stereocenters. The summed E-state index contributed by atoms with van der Waals surface area (Å²) in [4.78, 5) is 17.6. The van der Waals surface area contributed by atoms with Gasteiger partial charge in [-0.25, -0.2) is 0 Å². The van der Waals surface area contributed by atoms with Gasteiger partial charge in [-0.1, -0.05) is 37.1 Å². The molecule has 0 spiro atoms. The van der Waals surface area contributed by atoms with Crippen molar-refractivity contribution in [3.05, 3.63) is 70.1 Å². The molecule has 1 saturated carbocycles. The Kier molecular flexibility index (Phi) is 5.97.